The van der Waals surface area contributed by atoms with Crippen molar-refractivity contribution in [2.24, 2.45) is 0 Å². The predicted octanol–water partition coefficient (Wildman–Crippen LogP) is 5.24. The molecule has 0 saturated carbocycles. The largest absolute Gasteiger partial charge is 0.472 e. The minimum absolute atomic E-state index is 0.850. The molecule has 0 aliphatic carbocycles. The van der Waals surface area contributed by atoms with Gasteiger partial charge in [0.2, 0.25) is 0 Å². The fraction of sp³-hybridized carbons (Fsp3) is 0.176. The van der Waals surface area contributed by atoms with Gasteiger partial charge in [-0.3, -0.25) is 0 Å². The Morgan fingerprint density at radius 1 is 1.11 bits per heavy atom. The van der Waals surface area contributed by atoms with E-state index in [0.717, 1.165) is 12.0 Å². The van der Waals surface area contributed by atoms with Crippen LogP contribution in [0.5, 0.6) is 0 Å². The molecular formula is C17H22O. The standard InChI is InChI=1S/C17H22O/c1-5-8-11-12-16(4)17(13-9-6-2)15-18-14-10-7-3/h5-12,14-15H,1,3,13H2,2,4H3/b9-6+,11-8-,14-10+,16-12+,17-15+. The Hall–Kier alpha value is -2.02. The fourth-order valence-corrected chi connectivity index (χ4v) is 1.15. The molecule has 96 valence electrons. The van der Waals surface area contributed by atoms with Crippen LogP contribution in [-0.2, 0) is 4.74 Å². The second-order valence-corrected chi connectivity index (χ2v) is 3.59. The first-order valence-corrected chi connectivity index (χ1v) is 5.95. The molecule has 0 aromatic heterocycles. The monoisotopic (exact) mass is 242 g/mol. The Labute approximate surface area is 111 Å². The molecule has 0 atom stereocenters. The maximum atomic E-state index is 5.33. The fourth-order valence-electron chi connectivity index (χ4n) is 1.15. The molecule has 0 heterocycles. The molecule has 0 aromatic carbocycles. The van der Waals surface area contributed by atoms with Gasteiger partial charge in [0.15, 0.2) is 0 Å². The third kappa shape index (κ3) is 8.17. The third-order valence-electron chi connectivity index (χ3n) is 2.18. The van der Waals surface area contributed by atoms with Crippen molar-refractivity contribution in [1.29, 1.82) is 0 Å². The van der Waals surface area contributed by atoms with Crippen molar-refractivity contribution in [3.63, 3.8) is 0 Å². The maximum Gasteiger partial charge on any atom is 0.0939 e. The highest BCUT2D eigenvalue weighted by atomic mass is 16.5. The van der Waals surface area contributed by atoms with Crippen LogP contribution in [0, 0.1) is 0 Å². The molecule has 0 unspecified atom stereocenters. The highest BCUT2D eigenvalue weighted by Crippen LogP contribution is 2.15. The number of ether oxygens (including phenoxy) is 1. The zero-order valence-corrected chi connectivity index (χ0v) is 11.3. The molecule has 0 N–H and O–H groups in total. The van der Waals surface area contributed by atoms with Crippen LogP contribution in [0.1, 0.15) is 20.3 Å². The van der Waals surface area contributed by atoms with Crippen LogP contribution in [0.15, 0.2) is 85.4 Å². The second-order valence-electron chi connectivity index (χ2n) is 3.59. The Kier molecular flexibility index (Phi) is 10.2. The van der Waals surface area contributed by atoms with E-state index in [1.54, 1.807) is 30.8 Å². The van der Waals surface area contributed by atoms with Crippen LogP contribution in [0.25, 0.3) is 0 Å². The molecule has 0 radical (unpaired) electrons. The summed E-state index contributed by atoms with van der Waals surface area (Å²) in [6, 6.07) is 0. The lowest BCUT2D eigenvalue weighted by atomic mass is 10.1. The molecule has 1 nitrogen and oxygen atoms in total. The van der Waals surface area contributed by atoms with Crippen LogP contribution < -0.4 is 0 Å². The Morgan fingerprint density at radius 2 is 1.83 bits per heavy atom. The smallest absolute Gasteiger partial charge is 0.0939 e. The van der Waals surface area contributed by atoms with E-state index < -0.39 is 0 Å². The van der Waals surface area contributed by atoms with E-state index in [2.05, 4.69) is 26.2 Å². The lowest BCUT2D eigenvalue weighted by Crippen LogP contribution is -1.85. The summed E-state index contributed by atoms with van der Waals surface area (Å²) in [6.07, 6.45) is 19.4. The summed E-state index contributed by atoms with van der Waals surface area (Å²) in [5.74, 6) is 0. The molecule has 0 aliphatic rings. The van der Waals surface area contributed by atoms with Gasteiger partial charge in [-0.15, -0.1) is 0 Å². The molecule has 18 heavy (non-hydrogen) atoms. The summed E-state index contributed by atoms with van der Waals surface area (Å²) >= 11 is 0. The molecule has 0 bridgehead atoms. The second kappa shape index (κ2) is 11.5. The van der Waals surface area contributed by atoms with Crippen molar-refractivity contribution in [2.45, 2.75) is 20.3 Å². The SMILES string of the molecule is C=C\C=C/C=C(C)/C(=C/O/C=C/C=C)C/C=C/C. The highest BCUT2D eigenvalue weighted by molar-refractivity contribution is 5.33. The number of hydrogen-bond acceptors (Lipinski definition) is 1. The van der Waals surface area contributed by atoms with Crippen LogP contribution in [0.4, 0.5) is 0 Å². The lowest BCUT2D eigenvalue weighted by Gasteiger charge is -2.04. The zero-order chi connectivity index (χ0) is 13.6. The van der Waals surface area contributed by atoms with E-state index in [1.165, 1.54) is 5.57 Å². The first kappa shape index (κ1) is 16.0. The van der Waals surface area contributed by atoms with Gasteiger partial charge < -0.3 is 4.74 Å². The Bertz CT molecular complexity index is 390. The lowest BCUT2D eigenvalue weighted by molar-refractivity contribution is 0.398. The molecule has 0 aromatic rings. The van der Waals surface area contributed by atoms with E-state index in [-0.39, 0.29) is 0 Å². The van der Waals surface area contributed by atoms with E-state index in [1.807, 2.05) is 31.2 Å². The predicted molar refractivity (Wildman–Crippen MR) is 81.0 cm³/mol. The van der Waals surface area contributed by atoms with E-state index in [9.17, 15) is 0 Å². The molecule has 0 fully saturated rings. The van der Waals surface area contributed by atoms with Crippen molar-refractivity contribution in [3.05, 3.63) is 85.4 Å². The van der Waals surface area contributed by atoms with Gasteiger partial charge in [0.05, 0.1) is 12.5 Å². The Balaban J connectivity index is 4.79. The number of allylic oxidation sites excluding steroid dienone is 10. The molecule has 0 rings (SSSR count). The van der Waals surface area contributed by atoms with Crippen LogP contribution >= 0.6 is 0 Å². The van der Waals surface area contributed by atoms with E-state index in [0.29, 0.717) is 0 Å². The topological polar surface area (TPSA) is 9.23 Å². The minimum atomic E-state index is 0.850. The van der Waals surface area contributed by atoms with E-state index >= 15 is 0 Å². The zero-order valence-electron chi connectivity index (χ0n) is 11.3. The summed E-state index contributed by atoms with van der Waals surface area (Å²) < 4.78 is 5.33. The average molecular weight is 242 g/mol. The van der Waals surface area contributed by atoms with Gasteiger partial charge >= 0.3 is 0 Å². The van der Waals surface area contributed by atoms with E-state index in [4.69, 9.17) is 4.74 Å². The molecule has 0 aliphatic heterocycles. The van der Waals surface area contributed by atoms with Crippen molar-refractivity contribution >= 4 is 0 Å². The molecule has 0 saturated heterocycles. The van der Waals surface area contributed by atoms with Gasteiger partial charge in [-0.2, -0.15) is 0 Å². The highest BCUT2D eigenvalue weighted by Gasteiger charge is 1.97. The van der Waals surface area contributed by atoms with Gasteiger partial charge in [0.25, 0.3) is 0 Å². The molecule has 0 spiro atoms. The quantitative estimate of drug-likeness (QED) is 0.321. The van der Waals surface area contributed by atoms with Crippen LogP contribution in [0.2, 0.25) is 0 Å². The van der Waals surface area contributed by atoms with Gasteiger partial charge in [0.1, 0.15) is 0 Å². The maximum absolute atomic E-state index is 5.33. The number of rotatable bonds is 8. The molecule has 1 heteroatoms. The summed E-state index contributed by atoms with van der Waals surface area (Å²) in [6.45, 7) is 11.3. The minimum Gasteiger partial charge on any atom is -0.472 e. The third-order valence-corrected chi connectivity index (χ3v) is 2.18. The van der Waals surface area contributed by atoms with Crippen LogP contribution in [0.3, 0.4) is 0 Å². The van der Waals surface area contributed by atoms with Crippen molar-refractivity contribution in [2.75, 3.05) is 0 Å². The summed E-state index contributed by atoms with van der Waals surface area (Å²) in [5, 5.41) is 0. The number of hydrogen-bond donors (Lipinski definition) is 0. The first-order valence-electron chi connectivity index (χ1n) is 5.95. The van der Waals surface area contributed by atoms with Crippen LogP contribution in [-0.4, -0.2) is 0 Å². The van der Waals surface area contributed by atoms with Crippen molar-refractivity contribution < 1.29 is 4.74 Å². The average Bonchev–Trinajstić information content (AvgIpc) is 2.38. The Morgan fingerprint density at radius 3 is 2.44 bits per heavy atom. The summed E-state index contributed by atoms with van der Waals surface area (Å²) in [7, 11) is 0. The molecule has 0 amide bonds. The van der Waals surface area contributed by atoms with Crippen molar-refractivity contribution in [1.82, 2.24) is 0 Å². The van der Waals surface area contributed by atoms with Gasteiger partial charge in [-0.05, 0) is 37.5 Å². The van der Waals surface area contributed by atoms with Gasteiger partial charge in [-0.25, -0.2) is 0 Å². The van der Waals surface area contributed by atoms with Crippen molar-refractivity contribution in [3.8, 4) is 0 Å². The summed E-state index contributed by atoms with van der Waals surface area (Å²) in [4.78, 5) is 0. The summed E-state index contributed by atoms with van der Waals surface area (Å²) in [5.41, 5.74) is 2.30. The van der Waals surface area contributed by atoms with Gasteiger partial charge in [0, 0.05) is 0 Å². The first-order chi connectivity index (χ1) is 8.76. The molecular weight excluding hydrogens is 220 g/mol. The normalized spacial score (nSPS) is 13.7. The van der Waals surface area contributed by atoms with Gasteiger partial charge in [-0.1, -0.05) is 55.7 Å².